The number of nitro benzene ring substituents is 1. The molecule has 3 rings (SSSR count). The first-order chi connectivity index (χ1) is 13.8. The van der Waals surface area contributed by atoms with Gasteiger partial charge in [-0.2, -0.15) is 5.26 Å². The van der Waals surface area contributed by atoms with Crippen molar-refractivity contribution in [3.8, 4) is 17.4 Å². The van der Waals surface area contributed by atoms with Gasteiger partial charge in [0, 0.05) is 34.7 Å². The van der Waals surface area contributed by atoms with Crippen LogP contribution >= 0.6 is 0 Å². The molecule has 1 amide bonds. The molecule has 2 aromatic heterocycles. The molecule has 8 heteroatoms. The lowest BCUT2D eigenvalue weighted by Gasteiger charge is -2.10. The minimum atomic E-state index is -0.571. The predicted molar refractivity (Wildman–Crippen MR) is 107 cm³/mol. The van der Waals surface area contributed by atoms with Crippen LogP contribution in [0.5, 0.6) is 0 Å². The molecule has 8 nitrogen and oxygen atoms in total. The molecule has 0 atom stereocenters. The molecule has 0 aliphatic rings. The van der Waals surface area contributed by atoms with Gasteiger partial charge in [0.25, 0.3) is 11.6 Å². The summed E-state index contributed by atoms with van der Waals surface area (Å²) in [5, 5.41) is 20.5. The van der Waals surface area contributed by atoms with Crippen molar-refractivity contribution in [3.05, 3.63) is 80.9 Å². The number of aryl methyl sites for hydroxylation is 3. The number of furan rings is 1. The average molecular weight is 390 g/mol. The number of benzene rings is 1. The molecule has 0 radical (unpaired) electrons. The molecule has 146 valence electrons. The maximum atomic E-state index is 12.4. The van der Waals surface area contributed by atoms with E-state index in [4.69, 9.17) is 4.42 Å². The molecule has 0 saturated carbocycles. The molecule has 0 saturated heterocycles. The number of rotatable bonds is 5. The highest BCUT2D eigenvalue weighted by molar-refractivity contribution is 6.06. The Labute approximate surface area is 166 Å². The summed E-state index contributed by atoms with van der Waals surface area (Å²) in [5.41, 5.74) is 5.26. The summed E-state index contributed by atoms with van der Waals surface area (Å²) in [6.45, 7) is 5.33. The van der Waals surface area contributed by atoms with E-state index in [2.05, 4.69) is 5.43 Å². The Balaban J connectivity index is 1.86. The maximum Gasteiger partial charge on any atom is 0.280 e. The Kier molecular flexibility index (Phi) is 5.32. The summed E-state index contributed by atoms with van der Waals surface area (Å²) in [4.78, 5) is 23.1. The van der Waals surface area contributed by atoms with Gasteiger partial charge in [-0.25, -0.2) is 0 Å². The van der Waals surface area contributed by atoms with Gasteiger partial charge in [0.1, 0.15) is 23.2 Å². The Hall–Kier alpha value is -4.12. The van der Waals surface area contributed by atoms with E-state index < -0.39 is 10.8 Å². The predicted octanol–water partition coefficient (Wildman–Crippen LogP) is 4.26. The number of hydrogen-bond donors (Lipinski definition) is 1. The fourth-order valence-electron chi connectivity index (χ4n) is 2.84. The molecule has 1 N–H and O–H groups in total. The Morgan fingerprint density at radius 3 is 2.48 bits per heavy atom. The number of nitro groups is 1. The second kappa shape index (κ2) is 7.86. The third-order valence-corrected chi connectivity index (χ3v) is 4.45. The first kappa shape index (κ1) is 19.6. The second-order valence-corrected chi connectivity index (χ2v) is 6.52. The number of carbonyl (C=O) groups is 1. The van der Waals surface area contributed by atoms with Crippen molar-refractivity contribution in [1.29, 1.82) is 5.26 Å². The average Bonchev–Trinajstić information content (AvgIpc) is 3.28. The van der Waals surface area contributed by atoms with Gasteiger partial charge in [-0.1, -0.05) is 12.1 Å². The topological polar surface area (TPSA) is 114 Å². The number of nitrogens with one attached hydrogen (secondary N) is 1. The van der Waals surface area contributed by atoms with E-state index in [0.29, 0.717) is 16.9 Å². The van der Waals surface area contributed by atoms with Crippen LogP contribution in [0.1, 0.15) is 22.7 Å². The van der Waals surface area contributed by atoms with Crippen molar-refractivity contribution >= 4 is 17.7 Å². The minimum absolute atomic E-state index is 0.00875. The molecule has 0 spiro atoms. The van der Waals surface area contributed by atoms with E-state index in [1.54, 1.807) is 35.9 Å². The fraction of sp³-hybridized carbons (Fsp3) is 0.143. The SMILES string of the molecule is Cc1ccc(-c2ccc(/C=C(/C#N)C(=O)Nn3c(C)ccc3C)o2)cc1[N+](=O)[O-]. The van der Waals surface area contributed by atoms with Gasteiger partial charge in [-0.05, 0) is 45.0 Å². The Morgan fingerprint density at radius 2 is 1.86 bits per heavy atom. The Morgan fingerprint density at radius 1 is 1.17 bits per heavy atom. The summed E-state index contributed by atoms with van der Waals surface area (Å²) in [6, 6.07) is 13.6. The van der Waals surface area contributed by atoms with Crippen molar-refractivity contribution in [1.82, 2.24) is 4.68 Å². The van der Waals surface area contributed by atoms with Crippen LogP contribution < -0.4 is 5.43 Å². The smallest absolute Gasteiger partial charge is 0.280 e. The van der Waals surface area contributed by atoms with Crippen molar-refractivity contribution in [2.45, 2.75) is 20.8 Å². The minimum Gasteiger partial charge on any atom is -0.457 e. The highest BCUT2D eigenvalue weighted by Crippen LogP contribution is 2.28. The summed E-state index contributed by atoms with van der Waals surface area (Å²) < 4.78 is 7.26. The van der Waals surface area contributed by atoms with Crippen LogP contribution in [0.2, 0.25) is 0 Å². The lowest BCUT2D eigenvalue weighted by atomic mass is 10.1. The number of hydrogen-bond acceptors (Lipinski definition) is 5. The highest BCUT2D eigenvalue weighted by atomic mass is 16.6. The van der Waals surface area contributed by atoms with Gasteiger partial charge >= 0.3 is 0 Å². The fourth-order valence-corrected chi connectivity index (χ4v) is 2.84. The van der Waals surface area contributed by atoms with Gasteiger partial charge in [0.05, 0.1) is 4.92 Å². The standard InChI is InChI=1S/C21H18N4O4/c1-13-4-7-16(11-19(13)25(27)28)20-9-8-18(29-20)10-17(12-22)21(26)23-24-14(2)5-6-15(24)3/h4-11H,1-3H3,(H,23,26)/b17-10-. The molecule has 1 aromatic carbocycles. The molecule has 0 unspecified atom stereocenters. The van der Waals surface area contributed by atoms with Gasteiger partial charge in [0.15, 0.2) is 0 Å². The summed E-state index contributed by atoms with van der Waals surface area (Å²) in [5.74, 6) is 0.115. The summed E-state index contributed by atoms with van der Waals surface area (Å²) in [7, 11) is 0. The second-order valence-electron chi connectivity index (χ2n) is 6.52. The zero-order valence-electron chi connectivity index (χ0n) is 16.1. The van der Waals surface area contributed by atoms with Crippen LogP contribution in [0.3, 0.4) is 0 Å². The monoisotopic (exact) mass is 390 g/mol. The van der Waals surface area contributed by atoms with E-state index >= 15 is 0 Å². The maximum absolute atomic E-state index is 12.4. The quantitative estimate of drug-likeness (QED) is 0.303. The number of nitriles is 1. The van der Waals surface area contributed by atoms with E-state index in [1.165, 1.54) is 12.1 Å². The van der Waals surface area contributed by atoms with Gasteiger partial charge in [-0.3, -0.25) is 25.0 Å². The summed E-state index contributed by atoms with van der Waals surface area (Å²) >= 11 is 0. The van der Waals surface area contributed by atoms with E-state index in [-0.39, 0.29) is 17.0 Å². The highest BCUT2D eigenvalue weighted by Gasteiger charge is 2.15. The molecular weight excluding hydrogens is 372 g/mol. The van der Waals surface area contributed by atoms with Crippen LogP contribution in [0.25, 0.3) is 17.4 Å². The lowest BCUT2D eigenvalue weighted by molar-refractivity contribution is -0.385. The first-order valence-corrected chi connectivity index (χ1v) is 8.73. The number of nitrogens with zero attached hydrogens (tertiary/aromatic N) is 3. The van der Waals surface area contributed by atoms with Crippen molar-refractivity contribution in [2.75, 3.05) is 5.43 Å². The van der Waals surface area contributed by atoms with Gasteiger partial charge < -0.3 is 4.42 Å². The third-order valence-electron chi connectivity index (χ3n) is 4.45. The number of aromatic nitrogens is 1. The van der Waals surface area contributed by atoms with E-state index in [0.717, 1.165) is 11.4 Å². The Bertz CT molecular complexity index is 1160. The third kappa shape index (κ3) is 4.09. The largest absolute Gasteiger partial charge is 0.457 e. The number of carbonyl (C=O) groups excluding carboxylic acids is 1. The molecule has 0 aliphatic carbocycles. The molecule has 0 fully saturated rings. The normalized spacial score (nSPS) is 11.2. The molecule has 2 heterocycles. The molecular formula is C21H18N4O4. The van der Waals surface area contributed by atoms with Crippen LogP contribution in [-0.4, -0.2) is 15.5 Å². The molecule has 0 aliphatic heterocycles. The zero-order chi connectivity index (χ0) is 21.1. The van der Waals surface area contributed by atoms with Crippen molar-refractivity contribution < 1.29 is 14.1 Å². The van der Waals surface area contributed by atoms with Crippen LogP contribution in [-0.2, 0) is 4.79 Å². The molecule has 29 heavy (non-hydrogen) atoms. The molecule has 0 bridgehead atoms. The molecule has 3 aromatic rings. The first-order valence-electron chi connectivity index (χ1n) is 8.73. The zero-order valence-corrected chi connectivity index (χ0v) is 16.1. The van der Waals surface area contributed by atoms with Crippen LogP contribution in [0.4, 0.5) is 5.69 Å². The van der Waals surface area contributed by atoms with E-state index in [9.17, 15) is 20.2 Å². The van der Waals surface area contributed by atoms with Crippen molar-refractivity contribution in [3.63, 3.8) is 0 Å². The van der Waals surface area contributed by atoms with Crippen molar-refractivity contribution in [2.24, 2.45) is 0 Å². The van der Waals surface area contributed by atoms with Gasteiger partial charge in [-0.15, -0.1) is 0 Å². The van der Waals surface area contributed by atoms with E-state index in [1.807, 2.05) is 32.0 Å². The van der Waals surface area contributed by atoms with Crippen LogP contribution in [0, 0.1) is 42.2 Å². The number of amides is 1. The summed E-state index contributed by atoms with van der Waals surface area (Å²) in [6.07, 6.45) is 1.33. The van der Waals surface area contributed by atoms with Crippen LogP contribution in [0.15, 0.2) is 52.5 Å². The van der Waals surface area contributed by atoms with Gasteiger partial charge in [0.2, 0.25) is 0 Å². The lowest BCUT2D eigenvalue weighted by Crippen LogP contribution is -2.25.